The molecule has 152 valence electrons. The molecule has 5 aromatic rings. The van der Waals surface area contributed by atoms with Crippen molar-refractivity contribution in [3.8, 4) is 0 Å². The van der Waals surface area contributed by atoms with Crippen molar-refractivity contribution in [3.63, 3.8) is 0 Å². The number of H-pyrrole nitrogens is 1. The first kappa shape index (κ1) is 18.7. The van der Waals surface area contributed by atoms with Crippen LogP contribution >= 0.6 is 0 Å². The summed E-state index contributed by atoms with van der Waals surface area (Å²) in [6, 6.07) is 17.7. The molecule has 0 saturated heterocycles. The number of fused-ring (bicyclic) bond motifs is 1. The summed E-state index contributed by atoms with van der Waals surface area (Å²) in [5.74, 6) is 1.00. The lowest BCUT2D eigenvalue weighted by atomic mass is 10.1. The molecule has 5 rings (SSSR count). The van der Waals surface area contributed by atoms with Gasteiger partial charge in [0.2, 0.25) is 5.95 Å². The Morgan fingerprint density at radius 2 is 1.74 bits per heavy atom. The second kappa shape index (κ2) is 8.23. The molecule has 0 aliphatic heterocycles. The van der Waals surface area contributed by atoms with Crippen LogP contribution in [0.1, 0.15) is 27.3 Å². The highest BCUT2D eigenvalue weighted by atomic mass is 16.1. The van der Waals surface area contributed by atoms with E-state index in [2.05, 4.69) is 60.3 Å². The first-order valence-electron chi connectivity index (χ1n) is 9.98. The Balaban J connectivity index is 1.36. The van der Waals surface area contributed by atoms with Gasteiger partial charge in [0.25, 0.3) is 5.91 Å². The van der Waals surface area contributed by atoms with Crippen LogP contribution in [0.3, 0.4) is 0 Å². The normalized spacial score (nSPS) is 11.0. The number of aromatic amines is 1. The zero-order valence-electron chi connectivity index (χ0n) is 16.7. The lowest BCUT2D eigenvalue weighted by molar-refractivity contribution is 0.102. The van der Waals surface area contributed by atoms with Gasteiger partial charge in [-0.1, -0.05) is 30.3 Å². The number of nitrogens with one attached hydrogen (secondary N) is 2. The monoisotopic (exact) mass is 408 g/mol. The summed E-state index contributed by atoms with van der Waals surface area (Å²) < 4.78 is 2.24. The molecular weight excluding hydrogens is 388 g/mol. The van der Waals surface area contributed by atoms with Gasteiger partial charge in [-0.2, -0.15) is 0 Å². The van der Waals surface area contributed by atoms with Crippen molar-refractivity contribution in [2.45, 2.75) is 13.0 Å². The van der Waals surface area contributed by atoms with E-state index in [0.717, 1.165) is 17.8 Å². The summed E-state index contributed by atoms with van der Waals surface area (Å²) in [5, 5.41) is 3.92. The molecule has 3 heterocycles. The molecule has 0 spiro atoms. The van der Waals surface area contributed by atoms with Crippen molar-refractivity contribution < 1.29 is 4.79 Å². The van der Waals surface area contributed by atoms with Crippen LogP contribution in [0.25, 0.3) is 10.9 Å². The van der Waals surface area contributed by atoms with E-state index in [9.17, 15) is 4.79 Å². The van der Waals surface area contributed by atoms with Crippen molar-refractivity contribution in [2.24, 2.45) is 0 Å². The van der Waals surface area contributed by atoms with E-state index in [-0.39, 0.29) is 5.91 Å². The summed E-state index contributed by atoms with van der Waals surface area (Å²) in [7, 11) is 0. The van der Waals surface area contributed by atoms with Crippen molar-refractivity contribution >= 4 is 22.8 Å². The maximum atomic E-state index is 12.4. The number of benzene rings is 2. The van der Waals surface area contributed by atoms with Gasteiger partial charge in [-0.3, -0.25) is 10.1 Å². The van der Waals surface area contributed by atoms with Gasteiger partial charge in [-0.25, -0.2) is 15.0 Å². The van der Waals surface area contributed by atoms with Gasteiger partial charge in [0.1, 0.15) is 5.82 Å². The zero-order chi connectivity index (χ0) is 21.0. The molecule has 0 saturated carbocycles. The first-order valence-corrected chi connectivity index (χ1v) is 9.98. The molecule has 0 aliphatic carbocycles. The largest absolute Gasteiger partial charge is 0.348 e. The fraction of sp³-hybridized carbons (Fsp3) is 0.0833. The van der Waals surface area contributed by atoms with E-state index in [0.29, 0.717) is 18.1 Å². The number of imidazole rings is 1. The smallest absolute Gasteiger partial charge is 0.258 e. The lowest BCUT2D eigenvalue weighted by Gasteiger charge is -2.07. The molecule has 7 nitrogen and oxygen atoms in total. The molecule has 3 aromatic heterocycles. The fourth-order valence-electron chi connectivity index (χ4n) is 3.67. The Kier molecular flexibility index (Phi) is 4.98. The highest BCUT2D eigenvalue weighted by Crippen LogP contribution is 2.24. The molecule has 31 heavy (non-hydrogen) atoms. The third-order valence-corrected chi connectivity index (χ3v) is 5.14. The standard InChI is InChI=1S/C24H20N6O/c31-23(29-24-27-10-3-11-28-24)18-8-6-17(7-9-18)15-30-16-19(14-22-25-12-13-26-22)20-4-1-2-5-21(20)30/h1-13,16H,14-15H2,(H,25,26)(H,27,28,29,31). The van der Waals surface area contributed by atoms with Crippen LogP contribution in [0, 0.1) is 0 Å². The predicted octanol–water partition coefficient (Wildman–Crippen LogP) is 4.05. The molecule has 0 radical (unpaired) electrons. The lowest BCUT2D eigenvalue weighted by Crippen LogP contribution is -2.14. The molecule has 7 heteroatoms. The van der Waals surface area contributed by atoms with Crippen LogP contribution in [0.5, 0.6) is 0 Å². The quantitative estimate of drug-likeness (QED) is 0.444. The predicted molar refractivity (Wildman–Crippen MR) is 119 cm³/mol. The van der Waals surface area contributed by atoms with Crippen molar-refractivity contribution in [2.75, 3.05) is 5.32 Å². The second-order valence-electron chi connectivity index (χ2n) is 7.24. The Morgan fingerprint density at radius 1 is 0.935 bits per heavy atom. The van der Waals surface area contributed by atoms with Gasteiger partial charge in [0.05, 0.1) is 0 Å². The van der Waals surface area contributed by atoms with Crippen LogP contribution in [-0.2, 0) is 13.0 Å². The number of rotatable bonds is 6. The van der Waals surface area contributed by atoms with Crippen molar-refractivity contribution in [3.05, 3.63) is 108 Å². The minimum absolute atomic E-state index is 0.232. The topological polar surface area (TPSA) is 88.5 Å². The summed E-state index contributed by atoms with van der Waals surface area (Å²) in [4.78, 5) is 28.0. The first-order chi connectivity index (χ1) is 15.3. The summed E-state index contributed by atoms with van der Waals surface area (Å²) in [5.41, 5.74) is 4.07. The average Bonchev–Trinajstić information content (AvgIpc) is 3.44. The maximum absolute atomic E-state index is 12.4. The van der Waals surface area contributed by atoms with Crippen LogP contribution in [0.15, 0.2) is 85.6 Å². The number of carbonyl (C=O) groups is 1. The van der Waals surface area contributed by atoms with E-state index < -0.39 is 0 Å². The Labute approximate surface area is 178 Å². The summed E-state index contributed by atoms with van der Waals surface area (Å²) in [6.07, 6.45) is 9.73. The average molecular weight is 408 g/mol. The minimum atomic E-state index is -0.232. The third kappa shape index (κ3) is 4.06. The number of anilines is 1. The van der Waals surface area contributed by atoms with Crippen LogP contribution < -0.4 is 5.32 Å². The summed E-state index contributed by atoms with van der Waals surface area (Å²) >= 11 is 0. The molecule has 0 bridgehead atoms. The van der Waals surface area contributed by atoms with Gasteiger partial charge in [0.15, 0.2) is 0 Å². The molecule has 0 unspecified atom stereocenters. The highest BCUT2D eigenvalue weighted by Gasteiger charge is 2.11. The Hall–Kier alpha value is -4.26. The van der Waals surface area contributed by atoms with E-state index in [4.69, 9.17) is 0 Å². The molecular formula is C24H20N6O. The van der Waals surface area contributed by atoms with E-state index >= 15 is 0 Å². The molecule has 0 fully saturated rings. The SMILES string of the molecule is O=C(Nc1ncccn1)c1ccc(Cn2cc(Cc3ncc[nH]3)c3ccccc32)cc1. The van der Waals surface area contributed by atoms with Crippen LogP contribution in [-0.4, -0.2) is 30.4 Å². The van der Waals surface area contributed by atoms with Gasteiger partial charge in [-0.15, -0.1) is 0 Å². The Bertz CT molecular complexity index is 1310. The molecule has 2 N–H and O–H groups in total. The van der Waals surface area contributed by atoms with Crippen molar-refractivity contribution in [1.82, 2.24) is 24.5 Å². The highest BCUT2D eigenvalue weighted by molar-refractivity contribution is 6.03. The second-order valence-corrected chi connectivity index (χ2v) is 7.24. The van der Waals surface area contributed by atoms with Gasteiger partial charge in [0, 0.05) is 60.4 Å². The number of amides is 1. The summed E-state index contributed by atoms with van der Waals surface area (Å²) in [6.45, 7) is 0.711. The molecule has 1 amide bonds. The minimum Gasteiger partial charge on any atom is -0.348 e. The Morgan fingerprint density at radius 3 is 2.52 bits per heavy atom. The number of carbonyl (C=O) groups excluding carboxylic acids is 1. The molecule has 0 atom stereocenters. The third-order valence-electron chi connectivity index (χ3n) is 5.14. The van der Waals surface area contributed by atoms with Gasteiger partial charge < -0.3 is 9.55 Å². The van der Waals surface area contributed by atoms with Gasteiger partial charge >= 0.3 is 0 Å². The molecule has 2 aromatic carbocycles. The fourth-order valence-corrected chi connectivity index (χ4v) is 3.67. The number of hydrogen-bond acceptors (Lipinski definition) is 4. The molecule has 0 aliphatic rings. The van der Waals surface area contributed by atoms with Crippen LogP contribution in [0.4, 0.5) is 5.95 Å². The zero-order valence-corrected chi connectivity index (χ0v) is 16.7. The van der Waals surface area contributed by atoms with Crippen LogP contribution in [0.2, 0.25) is 0 Å². The number of aromatic nitrogens is 5. The van der Waals surface area contributed by atoms with E-state index in [1.54, 1.807) is 24.7 Å². The number of nitrogens with zero attached hydrogens (tertiary/aromatic N) is 4. The number of para-hydroxylation sites is 1. The maximum Gasteiger partial charge on any atom is 0.258 e. The number of hydrogen-bond donors (Lipinski definition) is 2. The van der Waals surface area contributed by atoms with E-state index in [1.807, 2.05) is 30.5 Å². The van der Waals surface area contributed by atoms with Gasteiger partial charge in [-0.05, 0) is 35.4 Å². The van der Waals surface area contributed by atoms with E-state index in [1.165, 1.54) is 16.5 Å². The van der Waals surface area contributed by atoms with Crippen molar-refractivity contribution in [1.29, 1.82) is 0 Å².